The Bertz CT molecular complexity index is 942. The number of likely N-dealkylation sites (N-methyl/N-ethyl adjacent to an activating group) is 2. The van der Waals surface area contributed by atoms with E-state index in [4.69, 9.17) is 4.74 Å². The summed E-state index contributed by atoms with van der Waals surface area (Å²) in [6.45, 7) is 3.19. The summed E-state index contributed by atoms with van der Waals surface area (Å²) in [6.07, 6.45) is 1.89. The molecular weight excluding hydrogens is 344 g/mol. The summed E-state index contributed by atoms with van der Waals surface area (Å²) in [6, 6.07) is 9.79. The van der Waals surface area contributed by atoms with Gasteiger partial charge in [-0.3, -0.25) is 9.69 Å². The van der Waals surface area contributed by atoms with Gasteiger partial charge in [-0.05, 0) is 43.3 Å². The highest BCUT2D eigenvalue weighted by molar-refractivity contribution is 5.95. The van der Waals surface area contributed by atoms with Crippen LogP contribution in [0.3, 0.4) is 0 Å². The van der Waals surface area contributed by atoms with Crippen LogP contribution in [0.4, 0.5) is 5.69 Å². The summed E-state index contributed by atoms with van der Waals surface area (Å²) in [7, 11) is 4.12. The molecular formula is C21H22N2O4. The molecule has 2 atom stereocenters. The lowest BCUT2D eigenvalue weighted by Crippen LogP contribution is -2.45. The number of esters is 1. The third-order valence-electron chi connectivity index (χ3n) is 5.92. The number of carbonyl (C=O) groups excluding carboxylic acids is 2. The number of likely N-dealkylation sites (tertiary alicyclic amines) is 1. The molecule has 1 N–H and O–H groups in total. The van der Waals surface area contributed by atoms with Crippen LogP contribution in [0.1, 0.15) is 39.6 Å². The molecule has 0 aliphatic carbocycles. The topological polar surface area (TPSA) is 70.1 Å². The minimum atomic E-state index is -0.687. The predicted molar refractivity (Wildman–Crippen MR) is 102 cm³/mol. The van der Waals surface area contributed by atoms with Gasteiger partial charge in [-0.2, -0.15) is 0 Å². The molecule has 1 fully saturated rings. The number of fused-ring (bicyclic) bond motifs is 3. The van der Waals surface area contributed by atoms with E-state index in [-0.39, 0.29) is 28.6 Å². The predicted octanol–water partition coefficient (Wildman–Crippen LogP) is 2.79. The smallest absolute Gasteiger partial charge is 0.347 e. The van der Waals surface area contributed by atoms with Crippen molar-refractivity contribution < 1.29 is 19.4 Å². The van der Waals surface area contributed by atoms with E-state index in [2.05, 4.69) is 23.8 Å². The third-order valence-corrected chi connectivity index (χ3v) is 5.92. The van der Waals surface area contributed by atoms with Gasteiger partial charge >= 0.3 is 5.97 Å². The van der Waals surface area contributed by atoms with Crippen LogP contribution in [0.15, 0.2) is 36.4 Å². The maximum atomic E-state index is 12.5. The number of phenolic OH excluding ortho intramolecular Hbond substituents is 1. The number of anilines is 1. The lowest BCUT2D eigenvalue weighted by molar-refractivity contribution is 0.0730. The third kappa shape index (κ3) is 2.51. The first-order valence-electron chi connectivity index (χ1n) is 8.94. The molecule has 6 heteroatoms. The van der Waals surface area contributed by atoms with Gasteiger partial charge in [0.25, 0.3) is 0 Å². The van der Waals surface area contributed by atoms with Crippen molar-refractivity contribution in [2.75, 3.05) is 25.5 Å². The monoisotopic (exact) mass is 366 g/mol. The molecule has 2 aliphatic rings. The lowest BCUT2D eigenvalue weighted by Gasteiger charge is -2.32. The van der Waals surface area contributed by atoms with E-state index < -0.39 is 5.97 Å². The molecule has 0 spiro atoms. The summed E-state index contributed by atoms with van der Waals surface area (Å²) in [5.41, 5.74) is 2.34. The summed E-state index contributed by atoms with van der Waals surface area (Å²) in [4.78, 5) is 28.6. The Hall–Kier alpha value is -2.86. The van der Waals surface area contributed by atoms with Crippen LogP contribution in [0, 0.1) is 0 Å². The van der Waals surface area contributed by atoms with Crippen molar-refractivity contribution in [1.82, 2.24) is 4.90 Å². The molecule has 2 aromatic rings. The number of phenols is 1. The fourth-order valence-electron chi connectivity index (χ4n) is 4.59. The van der Waals surface area contributed by atoms with Gasteiger partial charge in [-0.25, -0.2) is 4.79 Å². The van der Waals surface area contributed by atoms with Crippen molar-refractivity contribution in [3.8, 4) is 11.5 Å². The van der Waals surface area contributed by atoms with Crippen molar-refractivity contribution in [1.29, 1.82) is 0 Å². The van der Waals surface area contributed by atoms with Crippen LogP contribution >= 0.6 is 0 Å². The number of hydrogen-bond donors (Lipinski definition) is 1. The van der Waals surface area contributed by atoms with E-state index in [1.54, 1.807) is 18.2 Å². The first-order valence-corrected chi connectivity index (χ1v) is 8.94. The first kappa shape index (κ1) is 17.5. The second-order valence-electron chi connectivity index (χ2n) is 7.56. The Balaban J connectivity index is 1.76. The Morgan fingerprint density at radius 3 is 2.74 bits per heavy atom. The number of aldehydes is 1. The molecule has 2 heterocycles. The van der Waals surface area contributed by atoms with Crippen molar-refractivity contribution in [2.45, 2.75) is 24.9 Å². The number of para-hydroxylation sites is 1. The zero-order chi connectivity index (χ0) is 19.3. The van der Waals surface area contributed by atoms with E-state index in [0.717, 1.165) is 24.2 Å². The second-order valence-corrected chi connectivity index (χ2v) is 7.56. The minimum Gasteiger partial charge on any atom is -0.507 e. The van der Waals surface area contributed by atoms with E-state index in [1.165, 1.54) is 12.1 Å². The average Bonchev–Trinajstić information content (AvgIpc) is 3.07. The van der Waals surface area contributed by atoms with Crippen LogP contribution in [0.2, 0.25) is 0 Å². The standard InChI is InChI=1S/C21H22N2O4/c1-21-8-9-22(2)20(21)23(3)16-10-13(12-24)18(11-15(16)21)27-19(26)14-6-4-5-7-17(14)25/h4-7,10-12,20,25H,8-9H2,1-3H3/t20-,21+/m1/s1. The summed E-state index contributed by atoms with van der Waals surface area (Å²) >= 11 is 0. The zero-order valence-electron chi connectivity index (χ0n) is 15.6. The molecule has 27 heavy (non-hydrogen) atoms. The number of benzene rings is 2. The molecule has 0 radical (unpaired) electrons. The van der Waals surface area contributed by atoms with Gasteiger partial charge in [0.05, 0.1) is 11.7 Å². The van der Waals surface area contributed by atoms with Crippen LogP contribution in [-0.4, -0.2) is 49.1 Å². The Kier molecular flexibility index (Phi) is 3.96. The Morgan fingerprint density at radius 2 is 2.04 bits per heavy atom. The fourth-order valence-corrected chi connectivity index (χ4v) is 4.59. The summed E-state index contributed by atoms with van der Waals surface area (Å²) in [5, 5.41) is 9.89. The van der Waals surface area contributed by atoms with E-state index in [9.17, 15) is 14.7 Å². The minimum absolute atomic E-state index is 0.0663. The van der Waals surface area contributed by atoms with Crippen LogP contribution in [0.5, 0.6) is 11.5 Å². The molecule has 2 aromatic carbocycles. The van der Waals surface area contributed by atoms with Crippen molar-refractivity contribution in [2.24, 2.45) is 0 Å². The molecule has 0 aromatic heterocycles. The van der Waals surface area contributed by atoms with Gasteiger partial charge in [0.2, 0.25) is 0 Å². The van der Waals surface area contributed by atoms with E-state index in [1.807, 2.05) is 13.1 Å². The molecule has 0 saturated carbocycles. The van der Waals surface area contributed by atoms with Crippen molar-refractivity contribution in [3.05, 3.63) is 53.1 Å². The van der Waals surface area contributed by atoms with Gasteiger partial charge < -0.3 is 14.7 Å². The Labute approximate surface area is 158 Å². The van der Waals surface area contributed by atoms with Crippen LogP contribution < -0.4 is 9.64 Å². The molecule has 0 unspecified atom stereocenters. The molecule has 0 bridgehead atoms. The van der Waals surface area contributed by atoms with Gasteiger partial charge in [0, 0.05) is 24.7 Å². The normalized spacial score (nSPS) is 23.8. The number of nitrogens with zero attached hydrogens (tertiary/aromatic N) is 2. The molecule has 4 rings (SSSR count). The van der Waals surface area contributed by atoms with Crippen molar-refractivity contribution in [3.63, 3.8) is 0 Å². The number of ether oxygens (including phenoxy) is 1. The highest BCUT2D eigenvalue weighted by atomic mass is 16.5. The molecule has 140 valence electrons. The van der Waals surface area contributed by atoms with Crippen LogP contribution in [-0.2, 0) is 5.41 Å². The highest BCUT2D eigenvalue weighted by Gasteiger charge is 2.52. The zero-order valence-corrected chi connectivity index (χ0v) is 15.6. The van der Waals surface area contributed by atoms with Crippen molar-refractivity contribution >= 4 is 17.9 Å². The Morgan fingerprint density at radius 1 is 1.30 bits per heavy atom. The molecule has 1 saturated heterocycles. The highest BCUT2D eigenvalue weighted by Crippen LogP contribution is 2.52. The first-order chi connectivity index (χ1) is 12.9. The number of hydrogen-bond acceptors (Lipinski definition) is 6. The summed E-state index contributed by atoms with van der Waals surface area (Å²) in [5.74, 6) is -0.616. The number of aromatic hydroxyl groups is 1. The van der Waals surface area contributed by atoms with Gasteiger partial charge in [-0.15, -0.1) is 0 Å². The lowest BCUT2D eigenvalue weighted by atomic mass is 9.81. The van der Waals surface area contributed by atoms with Gasteiger partial charge in [0.15, 0.2) is 6.29 Å². The fraction of sp³-hybridized carbons (Fsp3) is 0.333. The van der Waals surface area contributed by atoms with Gasteiger partial charge in [0.1, 0.15) is 17.1 Å². The number of rotatable bonds is 3. The molecule has 0 amide bonds. The van der Waals surface area contributed by atoms with E-state index >= 15 is 0 Å². The largest absolute Gasteiger partial charge is 0.507 e. The molecule has 6 nitrogen and oxygen atoms in total. The maximum Gasteiger partial charge on any atom is 0.347 e. The second kappa shape index (κ2) is 6.09. The number of carbonyl (C=O) groups is 2. The SMILES string of the molecule is CN1CC[C@@]2(C)c3cc(OC(=O)c4ccccc4O)c(C=O)cc3N(C)[C@@H]12. The molecule has 2 aliphatic heterocycles. The van der Waals surface area contributed by atoms with Gasteiger partial charge in [-0.1, -0.05) is 19.1 Å². The maximum absolute atomic E-state index is 12.5. The van der Waals surface area contributed by atoms with E-state index in [0.29, 0.717) is 11.8 Å². The average molecular weight is 366 g/mol. The summed E-state index contributed by atoms with van der Waals surface area (Å²) < 4.78 is 5.52. The van der Waals surface area contributed by atoms with Crippen LogP contribution in [0.25, 0.3) is 0 Å². The quantitative estimate of drug-likeness (QED) is 0.512.